The van der Waals surface area contributed by atoms with Crippen molar-refractivity contribution < 1.29 is 4.79 Å². The van der Waals surface area contributed by atoms with E-state index in [4.69, 9.17) is 4.98 Å². The Morgan fingerprint density at radius 3 is 2.41 bits per heavy atom. The van der Waals surface area contributed by atoms with Crippen LogP contribution in [0.1, 0.15) is 56.6 Å². The summed E-state index contributed by atoms with van der Waals surface area (Å²) in [6.07, 6.45) is 8.28. The summed E-state index contributed by atoms with van der Waals surface area (Å²) in [6, 6.07) is 12.3. The Morgan fingerprint density at radius 1 is 0.963 bits per heavy atom. The van der Waals surface area contributed by atoms with E-state index in [0.717, 1.165) is 41.1 Å². The maximum absolute atomic E-state index is 12.6. The zero-order valence-corrected chi connectivity index (χ0v) is 16.6. The molecule has 4 heteroatoms. The normalized spacial score (nSPS) is 11.1. The highest BCUT2D eigenvalue weighted by atomic mass is 16.1. The van der Waals surface area contributed by atoms with Gasteiger partial charge in [0, 0.05) is 18.2 Å². The maximum atomic E-state index is 12.6. The van der Waals surface area contributed by atoms with Crippen LogP contribution in [0.5, 0.6) is 0 Å². The molecular formula is C23H29N3O. The van der Waals surface area contributed by atoms with Gasteiger partial charge in [-0.15, -0.1) is 0 Å². The molecule has 2 aromatic heterocycles. The van der Waals surface area contributed by atoms with Crippen molar-refractivity contribution in [3.05, 3.63) is 53.7 Å². The number of unbranched alkanes of at least 4 members (excludes halogenated alkanes) is 4. The first-order valence-corrected chi connectivity index (χ1v) is 9.94. The SMILES string of the molecule is CCCCCCCC(=O)Nc1c(-c2ccc(C)cc2)nc2ccc(C)cn12. The van der Waals surface area contributed by atoms with Crippen molar-refractivity contribution in [2.45, 2.75) is 59.3 Å². The second-order valence-corrected chi connectivity index (χ2v) is 7.32. The van der Waals surface area contributed by atoms with Gasteiger partial charge in [0.05, 0.1) is 0 Å². The average Bonchev–Trinajstić information content (AvgIpc) is 3.00. The van der Waals surface area contributed by atoms with Gasteiger partial charge in [0.1, 0.15) is 17.2 Å². The number of hydrogen-bond acceptors (Lipinski definition) is 2. The standard InChI is InChI=1S/C23H29N3O/c1-4-5-6-7-8-9-21(27)25-23-22(19-13-10-17(2)11-14-19)24-20-15-12-18(3)16-26(20)23/h10-16H,4-9H2,1-3H3,(H,25,27). The van der Waals surface area contributed by atoms with Gasteiger partial charge < -0.3 is 5.32 Å². The molecular weight excluding hydrogens is 334 g/mol. The van der Waals surface area contributed by atoms with Gasteiger partial charge in [0.25, 0.3) is 0 Å². The number of hydrogen-bond donors (Lipinski definition) is 1. The van der Waals surface area contributed by atoms with Crippen molar-refractivity contribution in [1.29, 1.82) is 0 Å². The van der Waals surface area contributed by atoms with Crippen LogP contribution < -0.4 is 5.32 Å². The van der Waals surface area contributed by atoms with Gasteiger partial charge in [-0.25, -0.2) is 4.98 Å². The molecule has 0 aliphatic carbocycles. The summed E-state index contributed by atoms with van der Waals surface area (Å²) < 4.78 is 1.99. The number of aryl methyl sites for hydroxylation is 2. The minimum absolute atomic E-state index is 0.0585. The Morgan fingerprint density at radius 2 is 1.67 bits per heavy atom. The van der Waals surface area contributed by atoms with Crippen LogP contribution in [0, 0.1) is 13.8 Å². The van der Waals surface area contributed by atoms with E-state index in [-0.39, 0.29) is 5.91 Å². The van der Waals surface area contributed by atoms with E-state index in [1.54, 1.807) is 0 Å². The van der Waals surface area contributed by atoms with Gasteiger partial charge in [-0.2, -0.15) is 0 Å². The molecule has 1 N–H and O–H groups in total. The van der Waals surface area contributed by atoms with Crippen LogP contribution >= 0.6 is 0 Å². The summed E-state index contributed by atoms with van der Waals surface area (Å²) in [4.78, 5) is 17.3. The summed E-state index contributed by atoms with van der Waals surface area (Å²) in [5, 5.41) is 3.13. The lowest BCUT2D eigenvalue weighted by molar-refractivity contribution is -0.116. The molecule has 0 saturated heterocycles. The first-order valence-electron chi connectivity index (χ1n) is 9.94. The molecule has 3 aromatic rings. The lowest BCUT2D eigenvalue weighted by atomic mass is 10.1. The number of nitrogens with zero attached hydrogens (tertiary/aromatic N) is 2. The molecule has 0 bridgehead atoms. The van der Waals surface area contributed by atoms with Crippen molar-refractivity contribution in [3.8, 4) is 11.3 Å². The topological polar surface area (TPSA) is 46.4 Å². The van der Waals surface area contributed by atoms with Crippen LogP contribution in [-0.2, 0) is 4.79 Å². The number of benzene rings is 1. The van der Waals surface area contributed by atoms with Crippen molar-refractivity contribution in [3.63, 3.8) is 0 Å². The number of carbonyl (C=O) groups is 1. The van der Waals surface area contributed by atoms with Gasteiger partial charge in [-0.1, -0.05) is 68.5 Å². The predicted octanol–water partition coefficient (Wildman–Crippen LogP) is 5.92. The fourth-order valence-electron chi connectivity index (χ4n) is 3.27. The molecule has 1 amide bonds. The number of amides is 1. The highest BCUT2D eigenvalue weighted by Crippen LogP contribution is 2.29. The third kappa shape index (κ3) is 4.76. The van der Waals surface area contributed by atoms with E-state index in [1.807, 2.05) is 29.7 Å². The third-order valence-corrected chi connectivity index (χ3v) is 4.86. The van der Waals surface area contributed by atoms with Gasteiger partial charge in [-0.05, 0) is 31.9 Å². The number of anilines is 1. The van der Waals surface area contributed by atoms with Crippen LogP contribution in [0.25, 0.3) is 16.9 Å². The molecule has 0 radical (unpaired) electrons. The Labute approximate surface area is 161 Å². The zero-order valence-electron chi connectivity index (χ0n) is 16.6. The minimum Gasteiger partial charge on any atom is -0.310 e. The molecule has 1 aromatic carbocycles. The van der Waals surface area contributed by atoms with Gasteiger partial charge in [0.2, 0.25) is 5.91 Å². The number of rotatable bonds is 8. The fraction of sp³-hybridized carbons (Fsp3) is 0.391. The first-order chi connectivity index (χ1) is 13.1. The molecule has 0 aliphatic heterocycles. The quantitative estimate of drug-likeness (QED) is 0.505. The van der Waals surface area contributed by atoms with Gasteiger partial charge in [-0.3, -0.25) is 9.20 Å². The van der Waals surface area contributed by atoms with Crippen molar-refractivity contribution in [1.82, 2.24) is 9.38 Å². The fourth-order valence-corrected chi connectivity index (χ4v) is 3.27. The Balaban J connectivity index is 1.85. The van der Waals surface area contributed by atoms with E-state index < -0.39 is 0 Å². The summed E-state index contributed by atoms with van der Waals surface area (Å²) in [5.41, 5.74) is 5.01. The molecule has 142 valence electrons. The van der Waals surface area contributed by atoms with Crippen LogP contribution in [0.15, 0.2) is 42.6 Å². The summed E-state index contributed by atoms with van der Waals surface area (Å²) in [6.45, 7) is 6.31. The van der Waals surface area contributed by atoms with E-state index in [2.05, 4.69) is 43.4 Å². The second kappa shape index (κ2) is 8.85. The number of nitrogens with one attached hydrogen (secondary N) is 1. The largest absolute Gasteiger partial charge is 0.310 e. The number of fused-ring (bicyclic) bond motifs is 1. The minimum atomic E-state index is 0.0585. The Hall–Kier alpha value is -2.62. The predicted molar refractivity (Wildman–Crippen MR) is 112 cm³/mol. The molecule has 0 aliphatic rings. The molecule has 27 heavy (non-hydrogen) atoms. The molecule has 0 atom stereocenters. The number of imidazole rings is 1. The molecule has 2 heterocycles. The zero-order chi connectivity index (χ0) is 19.2. The van der Waals surface area contributed by atoms with E-state index in [0.29, 0.717) is 6.42 Å². The van der Waals surface area contributed by atoms with Crippen LogP contribution in [0.3, 0.4) is 0 Å². The van der Waals surface area contributed by atoms with E-state index in [9.17, 15) is 4.79 Å². The summed E-state index contributed by atoms with van der Waals surface area (Å²) in [5.74, 6) is 0.819. The smallest absolute Gasteiger partial charge is 0.225 e. The lowest BCUT2D eigenvalue weighted by Crippen LogP contribution is -2.13. The molecule has 3 rings (SSSR count). The van der Waals surface area contributed by atoms with Crippen LogP contribution in [-0.4, -0.2) is 15.3 Å². The lowest BCUT2D eigenvalue weighted by Gasteiger charge is -2.09. The highest BCUT2D eigenvalue weighted by molar-refractivity contribution is 5.94. The molecule has 0 fully saturated rings. The number of aromatic nitrogens is 2. The Kier molecular flexibility index (Phi) is 6.28. The van der Waals surface area contributed by atoms with Crippen LogP contribution in [0.2, 0.25) is 0 Å². The molecule has 0 saturated carbocycles. The first kappa shape index (κ1) is 19.2. The maximum Gasteiger partial charge on any atom is 0.225 e. The van der Waals surface area contributed by atoms with E-state index >= 15 is 0 Å². The number of carbonyl (C=O) groups excluding carboxylic acids is 1. The Bertz CT molecular complexity index is 909. The van der Waals surface area contributed by atoms with Crippen molar-refractivity contribution in [2.24, 2.45) is 0 Å². The third-order valence-electron chi connectivity index (χ3n) is 4.86. The molecule has 0 unspecified atom stereocenters. The highest BCUT2D eigenvalue weighted by Gasteiger charge is 2.16. The summed E-state index contributed by atoms with van der Waals surface area (Å²) >= 11 is 0. The molecule has 4 nitrogen and oxygen atoms in total. The van der Waals surface area contributed by atoms with Crippen molar-refractivity contribution >= 4 is 17.4 Å². The van der Waals surface area contributed by atoms with Gasteiger partial charge in [0.15, 0.2) is 0 Å². The van der Waals surface area contributed by atoms with Gasteiger partial charge >= 0.3 is 0 Å². The summed E-state index contributed by atoms with van der Waals surface area (Å²) in [7, 11) is 0. The average molecular weight is 364 g/mol. The molecule has 0 spiro atoms. The second-order valence-electron chi connectivity index (χ2n) is 7.32. The monoisotopic (exact) mass is 363 g/mol. The van der Waals surface area contributed by atoms with Crippen molar-refractivity contribution in [2.75, 3.05) is 5.32 Å². The van der Waals surface area contributed by atoms with Crippen LogP contribution in [0.4, 0.5) is 5.82 Å². The number of pyridine rings is 1. The van der Waals surface area contributed by atoms with E-state index in [1.165, 1.54) is 24.8 Å².